The van der Waals surface area contributed by atoms with Gasteiger partial charge in [-0.25, -0.2) is 0 Å². The maximum absolute atomic E-state index is 10.4. The van der Waals surface area contributed by atoms with Gasteiger partial charge >= 0.3 is 0 Å². The summed E-state index contributed by atoms with van der Waals surface area (Å²) in [6, 6.07) is 6.15. The van der Waals surface area contributed by atoms with Crippen molar-refractivity contribution in [3.63, 3.8) is 0 Å². The van der Waals surface area contributed by atoms with Crippen LogP contribution in [0.4, 0.5) is 0 Å². The number of benzene rings is 1. The Morgan fingerprint density at radius 1 is 1.29 bits per heavy atom. The summed E-state index contributed by atoms with van der Waals surface area (Å²) in [6.45, 7) is 2.06. The quantitative estimate of drug-likeness (QED) is 0.814. The minimum atomic E-state index is -0.550. The van der Waals surface area contributed by atoms with Crippen molar-refractivity contribution in [1.82, 2.24) is 0 Å². The van der Waals surface area contributed by atoms with Crippen LogP contribution < -0.4 is 0 Å². The first-order valence-corrected chi connectivity index (χ1v) is 5.90. The largest absolute Gasteiger partial charge is 0.385 e. The lowest BCUT2D eigenvalue weighted by molar-refractivity contribution is 0.0444. The molecule has 1 aromatic rings. The number of halogens is 1. The van der Waals surface area contributed by atoms with Crippen molar-refractivity contribution in [2.75, 3.05) is 0 Å². The van der Waals surface area contributed by atoms with Gasteiger partial charge in [0.15, 0.2) is 0 Å². The summed E-state index contributed by atoms with van der Waals surface area (Å²) in [5.41, 5.74) is 1.73. The third kappa shape index (κ3) is 1.73. The minimum absolute atomic E-state index is 0.550. The summed E-state index contributed by atoms with van der Waals surface area (Å²) in [5.74, 6) is 0. The van der Waals surface area contributed by atoms with Crippen molar-refractivity contribution in [1.29, 1.82) is 0 Å². The van der Waals surface area contributed by atoms with Crippen molar-refractivity contribution in [3.8, 4) is 0 Å². The summed E-state index contributed by atoms with van der Waals surface area (Å²) in [6.07, 6.45) is 4.11. The number of aryl methyl sites for hydroxylation is 1. The van der Waals surface area contributed by atoms with E-state index in [0.29, 0.717) is 0 Å². The Balaban J connectivity index is 2.36. The molecular formula is C12H15BrO. The molecule has 1 N–H and O–H groups in total. The zero-order valence-electron chi connectivity index (χ0n) is 8.39. The molecule has 1 aliphatic rings. The van der Waals surface area contributed by atoms with Gasteiger partial charge in [0, 0.05) is 4.47 Å². The maximum Gasteiger partial charge on any atom is 0.0896 e. The summed E-state index contributed by atoms with van der Waals surface area (Å²) in [7, 11) is 0. The van der Waals surface area contributed by atoms with Gasteiger partial charge in [0.05, 0.1) is 5.60 Å². The number of hydrogen-bond donors (Lipinski definition) is 1. The molecule has 0 atom stereocenters. The smallest absolute Gasteiger partial charge is 0.0896 e. The molecule has 14 heavy (non-hydrogen) atoms. The van der Waals surface area contributed by atoms with Crippen molar-refractivity contribution in [2.45, 2.75) is 38.2 Å². The van der Waals surface area contributed by atoms with Gasteiger partial charge in [0.2, 0.25) is 0 Å². The molecule has 1 aromatic carbocycles. The van der Waals surface area contributed by atoms with Crippen LogP contribution in [0.15, 0.2) is 22.7 Å². The van der Waals surface area contributed by atoms with Gasteiger partial charge in [0.25, 0.3) is 0 Å². The first-order valence-electron chi connectivity index (χ1n) is 5.11. The fourth-order valence-electron chi connectivity index (χ4n) is 2.18. The zero-order chi connectivity index (χ0) is 10.2. The number of rotatable bonds is 1. The molecule has 0 aliphatic heterocycles. The van der Waals surface area contributed by atoms with E-state index in [9.17, 15) is 5.11 Å². The highest BCUT2D eigenvalue weighted by molar-refractivity contribution is 9.10. The van der Waals surface area contributed by atoms with Crippen LogP contribution in [0.25, 0.3) is 0 Å². The molecule has 0 unspecified atom stereocenters. The monoisotopic (exact) mass is 254 g/mol. The van der Waals surface area contributed by atoms with Crippen LogP contribution in [-0.4, -0.2) is 5.11 Å². The molecular weight excluding hydrogens is 240 g/mol. The van der Waals surface area contributed by atoms with Crippen LogP contribution in [0.1, 0.15) is 36.8 Å². The SMILES string of the molecule is Cc1cc(C2(O)CCCC2)ccc1Br. The van der Waals surface area contributed by atoms with Crippen molar-refractivity contribution < 1.29 is 5.11 Å². The Hall–Kier alpha value is -0.340. The van der Waals surface area contributed by atoms with E-state index in [2.05, 4.69) is 28.9 Å². The molecule has 0 heterocycles. The molecule has 0 aromatic heterocycles. The van der Waals surface area contributed by atoms with E-state index >= 15 is 0 Å². The first-order chi connectivity index (χ1) is 6.62. The summed E-state index contributed by atoms with van der Waals surface area (Å²) in [5, 5.41) is 10.4. The molecule has 1 fully saturated rings. The molecule has 1 saturated carbocycles. The van der Waals surface area contributed by atoms with Crippen LogP contribution in [0.3, 0.4) is 0 Å². The third-order valence-electron chi connectivity index (χ3n) is 3.13. The van der Waals surface area contributed by atoms with E-state index in [0.717, 1.165) is 35.7 Å². The predicted molar refractivity (Wildman–Crippen MR) is 61.2 cm³/mol. The van der Waals surface area contributed by atoms with Crippen LogP contribution in [0.2, 0.25) is 0 Å². The molecule has 0 bridgehead atoms. The number of hydrogen-bond acceptors (Lipinski definition) is 1. The van der Waals surface area contributed by atoms with Crippen LogP contribution in [0.5, 0.6) is 0 Å². The highest BCUT2D eigenvalue weighted by Crippen LogP contribution is 2.39. The highest BCUT2D eigenvalue weighted by Gasteiger charge is 2.32. The Labute approximate surface area is 93.3 Å². The Bertz CT molecular complexity index is 340. The lowest BCUT2D eigenvalue weighted by Gasteiger charge is -2.23. The summed E-state index contributed by atoms with van der Waals surface area (Å²) in [4.78, 5) is 0. The standard InChI is InChI=1S/C12H15BrO/c1-9-8-10(4-5-11(9)13)12(14)6-2-3-7-12/h4-5,8,14H,2-3,6-7H2,1H3. The lowest BCUT2D eigenvalue weighted by Crippen LogP contribution is -2.20. The van der Waals surface area contributed by atoms with E-state index in [1.807, 2.05) is 12.1 Å². The fourth-order valence-corrected chi connectivity index (χ4v) is 2.43. The summed E-state index contributed by atoms with van der Waals surface area (Å²) >= 11 is 3.47. The molecule has 0 radical (unpaired) electrons. The molecule has 1 aliphatic carbocycles. The molecule has 2 heteroatoms. The van der Waals surface area contributed by atoms with Gasteiger partial charge in [-0.1, -0.05) is 40.9 Å². The molecule has 76 valence electrons. The van der Waals surface area contributed by atoms with Crippen LogP contribution in [0, 0.1) is 6.92 Å². The normalized spacial score (nSPS) is 19.9. The second kappa shape index (κ2) is 3.67. The van der Waals surface area contributed by atoms with Crippen molar-refractivity contribution in [3.05, 3.63) is 33.8 Å². The van der Waals surface area contributed by atoms with Gasteiger partial charge in [-0.2, -0.15) is 0 Å². The fraction of sp³-hybridized carbons (Fsp3) is 0.500. The van der Waals surface area contributed by atoms with E-state index in [-0.39, 0.29) is 0 Å². The maximum atomic E-state index is 10.4. The van der Waals surface area contributed by atoms with E-state index in [1.165, 1.54) is 5.56 Å². The van der Waals surface area contributed by atoms with Gasteiger partial charge in [-0.15, -0.1) is 0 Å². The average Bonchev–Trinajstić information content (AvgIpc) is 2.58. The molecule has 0 amide bonds. The Morgan fingerprint density at radius 2 is 1.93 bits per heavy atom. The van der Waals surface area contributed by atoms with Crippen LogP contribution in [-0.2, 0) is 5.60 Å². The molecule has 2 rings (SSSR count). The first kappa shape index (κ1) is 10.2. The molecule has 0 saturated heterocycles. The zero-order valence-corrected chi connectivity index (χ0v) is 9.97. The lowest BCUT2D eigenvalue weighted by atomic mass is 9.91. The Morgan fingerprint density at radius 3 is 2.50 bits per heavy atom. The Kier molecular flexibility index (Phi) is 2.67. The van der Waals surface area contributed by atoms with Gasteiger partial charge in [-0.05, 0) is 37.0 Å². The van der Waals surface area contributed by atoms with E-state index < -0.39 is 5.60 Å². The summed E-state index contributed by atoms with van der Waals surface area (Å²) < 4.78 is 1.11. The van der Waals surface area contributed by atoms with Crippen molar-refractivity contribution >= 4 is 15.9 Å². The van der Waals surface area contributed by atoms with Crippen LogP contribution >= 0.6 is 15.9 Å². The van der Waals surface area contributed by atoms with Gasteiger partial charge < -0.3 is 5.11 Å². The van der Waals surface area contributed by atoms with E-state index in [4.69, 9.17) is 0 Å². The number of aliphatic hydroxyl groups is 1. The van der Waals surface area contributed by atoms with E-state index in [1.54, 1.807) is 0 Å². The highest BCUT2D eigenvalue weighted by atomic mass is 79.9. The van der Waals surface area contributed by atoms with Crippen molar-refractivity contribution in [2.24, 2.45) is 0 Å². The topological polar surface area (TPSA) is 20.2 Å². The molecule has 0 spiro atoms. The third-order valence-corrected chi connectivity index (χ3v) is 4.02. The predicted octanol–water partition coefficient (Wildman–Crippen LogP) is 3.52. The second-order valence-corrected chi connectivity index (χ2v) is 5.06. The average molecular weight is 255 g/mol. The van der Waals surface area contributed by atoms with Gasteiger partial charge in [0.1, 0.15) is 0 Å². The van der Waals surface area contributed by atoms with Gasteiger partial charge in [-0.3, -0.25) is 0 Å². The minimum Gasteiger partial charge on any atom is -0.385 e. The molecule has 1 nitrogen and oxygen atoms in total. The second-order valence-electron chi connectivity index (χ2n) is 4.20.